The number of hydrogen-bond donors (Lipinski definition) is 1. The predicted octanol–water partition coefficient (Wildman–Crippen LogP) is 2.44. The smallest absolute Gasteiger partial charge is 0.227 e. The number of piperidine rings is 2. The number of amides is 1. The van der Waals surface area contributed by atoms with Crippen LogP contribution in [0.5, 0.6) is 0 Å². The van der Waals surface area contributed by atoms with Gasteiger partial charge in [-0.15, -0.1) is 0 Å². The number of nitrogens with one attached hydrogen (secondary N) is 1. The Morgan fingerprint density at radius 2 is 2.04 bits per heavy atom. The zero-order chi connectivity index (χ0) is 18.5. The van der Waals surface area contributed by atoms with Crippen LogP contribution in [0.4, 0.5) is 0 Å². The third-order valence-corrected chi connectivity index (χ3v) is 5.76. The van der Waals surface area contributed by atoms with E-state index >= 15 is 0 Å². The number of carbonyl (C=O) groups excluding carboxylic acids is 1. The minimum Gasteiger partial charge on any atom is -0.356 e. The summed E-state index contributed by atoms with van der Waals surface area (Å²) in [6.45, 7) is 3.24. The quantitative estimate of drug-likeness (QED) is 0.842. The van der Waals surface area contributed by atoms with Crippen molar-refractivity contribution in [2.24, 2.45) is 5.92 Å². The number of pyridine rings is 1. The fraction of sp³-hybridized carbons (Fsp3) is 0.600. The van der Waals surface area contributed by atoms with E-state index in [1.807, 2.05) is 12.1 Å². The molecule has 4 heterocycles. The molecule has 2 aliphatic heterocycles. The maximum atomic E-state index is 12.3. The molecule has 0 aromatic carbocycles. The molecule has 1 amide bonds. The van der Waals surface area contributed by atoms with Crippen molar-refractivity contribution in [3.05, 3.63) is 30.4 Å². The first-order valence-corrected chi connectivity index (χ1v) is 10.0. The molecule has 2 saturated heterocycles. The lowest BCUT2D eigenvalue weighted by molar-refractivity contribution is -0.121. The van der Waals surface area contributed by atoms with E-state index < -0.39 is 0 Å². The van der Waals surface area contributed by atoms with Gasteiger partial charge in [0.05, 0.1) is 0 Å². The van der Waals surface area contributed by atoms with Crippen molar-refractivity contribution < 1.29 is 9.32 Å². The lowest BCUT2D eigenvalue weighted by atomic mass is 9.83. The molecule has 2 aliphatic rings. The van der Waals surface area contributed by atoms with Gasteiger partial charge in [0.1, 0.15) is 0 Å². The Bertz CT molecular complexity index is 746. The van der Waals surface area contributed by atoms with Gasteiger partial charge in [0.25, 0.3) is 0 Å². The zero-order valence-electron chi connectivity index (χ0n) is 15.6. The molecule has 7 heteroatoms. The maximum absolute atomic E-state index is 12.3. The Morgan fingerprint density at radius 3 is 2.93 bits per heavy atom. The van der Waals surface area contributed by atoms with E-state index in [1.54, 1.807) is 12.4 Å². The first kappa shape index (κ1) is 18.1. The van der Waals surface area contributed by atoms with Gasteiger partial charge in [0, 0.05) is 43.4 Å². The lowest BCUT2D eigenvalue weighted by Crippen LogP contribution is -2.51. The van der Waals surface area contributed by atoms with E-state index in [2.05, 4.69) is 25.3 Å². The number of hydrogen-bond acceptors (Lipinski definition) is 6. The van der Waals surface area contributed by atoms with E-state index in [0.717, 1.165) is 12.1 Å². The number of aryl methyl sites for hydroxylation is 1. The Labute approximate surface area is 159 Å². The molecule has 144 valence electrons. The molecule has 0 saturated carbocycles. The average Bonchev–Trinajstić information content (AvgIpc) is 3.20. The summed E-state index contributed by atoms with van der Waals surface area (Å²) in [5.41, 5.74) is 0.860. The van der Waals surface area contributed by atoms with Gasteiger partial charge in [0.2, 0.25) is 17.6 Å². The highest BCUT2D eigenvalue weighted by molar-refractivity contribution is 5.76. The first-order valence-electron chi connectivity index (χ1n) is 10.0. The third-order valence-electron chi connectivity index (χ3n) is 5.76. The molecule has 2 aromatic rings. The van der Waals surface area contributed by atoms with Crippen LogP contribution in [0, 0.1) is 5.92 Å². The highest BCUT2D eigenvalue weighted by Gasteiger charge is 2.32. The van der Waals surface area contributed by atoms with Crippen LogP contribution in [0.3, 0.4) is 0 Å². The SMILES string of the molecule is O=C(CCc1nc(-c2ccncc2)no1)NC[C@@H]1CCCN2CCCC[C@H]12. The monoisotopic (exact) mass is 369 g/mol. The minimum absolute atomic E-state index is 0.0617. The van der Waals surface area contributed by atoms with E-state index in [9.17, 15) is 4.79 Å². The highest BCUT2D eigenvalue weighted by Crippen LogP contribution is 2.30. The van der Waals surface area contributed by atoms with Gasteiger partial charge in [0.15, 0.2) is 0 Å². The van der Waals surface area contributed by atoms with E-state index in [4.69, 9.17) is 4.52 Å². The molecule has 0 spiro atoms. The van der Waals surface area contributed by atoms with Crippen molar-refractivity contribution >= 4 is 5.91 Å². The van der Waals surface area contributed by atoms with Crippen LogP contribution in [0.25, 0.3) is 11.4 Å². The summed E-state index contributed by atoms with van der Waals surface area (Å²) in [5, 5.41) is 7.11. The van der Waals surface area contributed by atoms with Crippen LogP contribution >= 0.6 is 0 Å². The Kier molecular flexibility index (Phi) is 5.77. The van der Waals surface area contributed by atoms with Crippen molar-refractivity contribution in [1.29, 1.82) is 0 Å². The third kappa shape index (κ3) is 4.53. The molecule has 2 aromatic heterocycles. The van der Waals surface area contributed by atoms with Gasteiger partial charge in [-0.2, -0.15) is 4.98 Å². The van der Waals surface area contributed by atoms with Gasteiger partial charge >= 0.3 is 0 Å². The summed E-state index contributed by atoms with van der Waals surface area (Å²) >= 11 is 0. The molecule has 4 rings (SSSR count). The summed E-state index contributed by atoms with van der Waals surface area (Å²) in [6.07, 6.45) is 10.6. The fourth-order valence-corrected chi connectivity index (χ4v) is 4.34. The van der Waals surface area contributed by atoms with Crippen LogP contribution in [0.1, 0.15) is 44.4 Å². The van der Waals surface area contributed by atoms with Crippen LogP contribution < -0.4 is 5.32 Å². The first-order chi connectivity index (χ1) is 13.3. The van der Waals surface area contributed by atoms with E-state index in [1.165, 1.54) is 45.2 Å². The molecule has 0 aliphatic carbocycles. The molecule has 0 radical (unpaired) electrons. The largest absolute Gasteiger partial charge is 0.356 e. The fourth-order valence-electron chi connectivity index (χ4n) is 4.34. The molecule has 27 heavy (non-hydrogen) atoms. The molecular formula is C20H27N5O2. The van der Waals surface area contributed by atoms with Gasteiger partial charge in [-0.25, -0.2) is 0 Å². The van der Waals surface area contributed by atoms with Crippen molar-refractivity contribution in [3.8, 4) is 11.4 Å². The van der Waals surface area contributed by atoms with Crippen LogP contribution in [0.15, 0.2) is 29.0 Å². The molecule has 0 bridgehead atoms. The summed E-state index contributed by atoms with van der Waals surface area (Å²) in [5.74, 6) is 1.68. The summed E-state index contributed by atoms with van der Waals surface area (Å²) in [6, 6.07) is 4.33. The highest BCUT2D eigenvalue weighted by atomic mass is 16.5. The second kappa shape index (κ2) is 8.61. The lowest BCUT2D eigenvalue weighted by Gasteiger charge is -2.44. The van der Waals surface area contributed by atoms with Gasteiger partial charge in [-0.05, 0) is 56.8 Å². The van der Waals surface area contributed by atoms with E-state index in [-0.39, 0.29) is 5.91 Å². The number of rotatable bonds is 6. The zero-order valence-corrected chi connectivity index (χ0v) is 15.6. The van der Waals surface area contributed by atoms with Gasteiger partial charge in [-0.1, -0.05) is 11.6 Å². The Morgan fingerprint density at radius 1 is 1.19 bits per heavy atom. The molecule has 2 atom stereocenters. The Balaban J connectivity index is 1.24. The van der Waals surface area contributed by atoms with Crippen LogP contribution in [-0.4, -0.2) is 51.6 Å². The van der Waals surface area contributed by atoms with Crippen LogP contribution in [0.2, 0.25) is 0 Å². The maximum Gasteiger partial charge on any atom is 0.227 e. The number of carbonyl (C=O) groups is 1. The standard InChI is InChI=1S/C20H27N5O2/c26-18(22-14-16-4-3-13-25-12-2-1-5-17(16)25)6-7-19-23-20(24-27-19)15-8-10-21-11-9-15/h8-11,16-17H,1-7,12-14H2,(H,22,26)/t16-,17+/m0/s1. The molecule has 0 unspecified atom stereocenters. The van der Waals surface area contributed by atoms with Crippen molar-refractivity contribution in [2.45, 2.75) is 51.0 Å². The normalized spacial score (nSPS) is 23.0. The second-order valence-electron chi connectivity index (χ2n) is 7.55. The van der Waals surface area contributed by atoms with Crippen molar-refractivity contribution in [2.75, 3.05) is 19.6 Å². The molecule has 2 fully saturated rings. The number of nitrogens with zero attached hydrogens (tertiary/aromatic N) is 4. The molecule has 7 nitrogen and oxygen atoms in total. The topological polar surface area (TPSA) is 84.1 Å². The molecular weight excluding hydrogens is 342 g/mol. The second-order valence-corrected chi connectivity index (χ2v) is 7.55. The number of fused-ring (bicyclic) bond motifs is 1. The number of aromatic nitrogens is 3. The van der Waals surface area contributed by atoms with Gasteiger partial charge < -0.3 is 14.7 Å². The predicted molar refractivity (Wildman–Crippen MR) is 101 cm³/mol. The average molecular weight is 369 g/mol. The van der Waals surface area contributed by atoms with E-state index in [0.29, 0.717) is 36.5 Å². The van der Waals surface area contributed by atoms with Crippen molar-refractivity contribution in [1.82, 2.24) is 25.3 Å². The summed E-state index contributed by atoms with van der Waals surface area (Å²) < 4.78 is 5.27. The van der Waals surface area contributed by atoms with Gasteiger partial charge in [-0.3, -0.25) is 9.78 Å². The van der Waals surface area contributed by atoms with Crippen molar-refractivity contribution in [3.63, 3.8) is 0 Å². The molecule has 1 N–H and O–H groups in total. The minimum atomic E-state index is 0.0617. The summed E-state index contributed by atoms with van der Waals surface area (Å²) in [4.78, 5) is 23.2. The summed E-state index contributed by atoms with van der Waals surface area (Å²) in [7, 11) is 0. The van der Waals surface area contributed by atoms with Crippen LogP contribution in [-0.2, 0) is 11.2 Å². The Hall–Kier alpha value is -2.28.